The van der Waals surface area contributed by atoms with Crippen LogP contribution < -0.4 is 10.6 Å². The van der Waals surface area contributed by atoms with E-state index in [1.54, 1.807) is 0 Å². The summed E-state index contributed by atoms with van der Waals surface area (Å²) < 4.78 is 0. The Balaban J connectivity index is 2.18. The topological polar surface area (TPSA) is 44.4 Å². The molecule has 1 fully saturated rings. The van der Waals surface area contributed by atoms with E-state index in [2.05, 4.69) is 36.3 Å². The van der Waals surface area contributed by atoms with Gasteiger partial charge in [-0.25, -0.2) is 0 Å². The van der Waals surface area contributed by atoms with Gasteiger partial charge < -0.3 is 10.6 Å². The lowest BCUT2D eigenvalue weighted by atomic mass is 10.1. The van der Waals surface area contributed by atoms with Crippen LogP contribution in [0.4, 0.5) is 0 Å². The van der Waals surface area contributed by atoms with E-state index >= 15 is 0 Å². The van der Waals surface area contributed by atoms with Crippen LogP contribution in [0, 0.1) is 5.92 Å². The predicted octanol–water partition coefficient (Wildman–Crippen LogP) is 1.61. The van der Waals surface area contributed by atoms with Crippen molar-refractivity contribution in [3.63, 3.8) is 0 Å². The summed E-state index contributed by atoms with van der Waals surface area (Å²) in [7, 11) is 0. The van der Waals surface area contributed by atoms with Gasteiger partial charge in [0.15, 0.2) is 0 Å². The third kappa shape index (κ3) is 7.53. The summed E-state index contributed by atoms with van der Waals surface area (Å²) in [5.74, 6) is 0.828. The molecule has 0 spiro atoms. The summed E-state index contributed by atoms with van der Waals surface area (Å²) in [6.45, 7) is 11.1. The first kappa shape index (κ1) is 16.4. The summed E-state index contributed by atoms with van der Waals surface area (Å²) >= 11 is 0. The molecule has 1 unspecified atom stereocenters. The summed E-state index contributed by atoms with van der Waals surface area (Å²) in [5, 5.41) is 6.58. The first-order valence-corrected chi connectivity index (χ1v) is 7.84. The van der Waals surface area contributed by atoms with Gasteiger partial charge in [-0.3, -0.25) is 9.69 Å². The van der Waals surface area contributed by atoms with E-state index < -0.39 is 0 Å². The van der Waals surface area contributed by atoms with Gasteiger partial charge in [0, 0.05) is 19.1 Å². The van der Waals surface area contributed by atoms with Crippen molar-refractivity contribution >= 4 is 5.91 Å². The second kappa shape index (κ2) is 9.32. The van der Waals surface area contributed by atoms with Crippen molar-refractivity contribution in [2.24, 2.45) is 5.92 Å². The van der Waals surface area contributed by atoms with E-state index in [9.17, 15) is 4.79 Å². The molecule has 2 N–H and O–H groups in total. The molecule has 0 aromatic carbocycles. The zero-order valence-corrected chi connectivity index (χ0v) is 12.9. The fourth-order valence-electron chi connectivity index (χ4n) is 2.47. The Kier molecular flexibility index (Phi) is 8.07. The van der Waals surface area contributed by atoms with Crippen molar-refractivity contribution in [3.8, 4) is 0 Å². The standard InChI is InChI=1S/C15H31N3O/c1-4-8-16-14-6-5-10-18(11-14)12-15(19)17-9-7-13(2)3/h13-14,16H,4-12H2,1-3H3,(H,17,19). The number of hydrogen-bond donors (Lipinski definition) is 2. The Hall–Kier alpha value is -0.610. The summed E-state index contributed by atoms with van der Waals surface area (Å²) in [6, 6.07) is 0.567. The minimum Gasteiger partial charge on any atom is -0.355 e. The summed E-state index contributed by atoms with van der Waals surface area (Å²) in [5.41, 5.74) is 0. The lowest BCUT2D eigenvalue weighted by Crippen LogP contribution is -2.49. The van der Waals surface area contributed by atoms with Crippen LogP contribution in [0.25, 0.3) is 0 Å². The molecule has 4 heteroatoms. The molecule has 0 saturated carbocycles. The summed E-state index contributed by atoms with van der Waals surface area (Å²) in [6.07, 6.45) is 4.67. The fraction of sp³-hybridized carbons (Fsp3) is 0.933. The van der Waals surface area contributed by atoms with E-state index in [-0.39, 0.29) is 5.91 Å². The number of nitrogens with one attached hydrogen (secondary N) is 2. The van der Waals surface area contributed by atoms with Gasteiger partial charge in [-0.1, -0.05) is 20.8 Å². The van der Waals surface area contributed by atoms with E-state index in [0.717, 1.165) is 32.6 Å². The van der Waals surface area contributed by atoms with E-state index in [1.165, 1.54) is 19.3 Å². The minimum atomic E-state index is 0.178. The molecule has 1 aliphatic heterocycles. The SMILES string of the molecule is CCCNC1CCCN(CC(=O)NCCC(C)C)C1. The van der Waals surface area contributed by atoms with Gasteiger partial charge in [0.25, 0.3) is 0 Å². The predicted molar refractivity (Wildman–Crippen MR) is 80.2 cm³/mol. The number of piperidine rings is 1. The Bertz CT molecular complexity index is 256. The van der Waals surface area contributed by atoms with Crippen molar-refractivity contribution in [3.05, 3.63) is 0 Å². The third-order valence-electron chi connectivity index (χ3n) is 3.60. The molecule has 0 aromatic heterocycles. The molecule has 1 rings (SSSR count). The van der Waals surface area contributed by atoms with Crippen LogP contribution in [0.3, 0.4) is 0 Å². The van der Waals surface area contributed by atoms with Gasteiger partial charge in [-0.2, -0.15) is 0 Å². The first-order chi connectivity index (χ1) is 9.11. The molecule has 4 nitrogen and oxygen atoms in total. The maximum absolute atomic E-state index is 11.8. The molecule has 0 aromatic rings. The Labute approximate surface area is 118 Å². The lowest BCUT2D eigenvalue weighted by Gasteiger charge is -2.32. The highest BCUT2D eigenvalue weighted by Crippen LogP contribution is 2.09. The molecule has 0 radical (unpaired) electrons. The average Bonchev–Trinajstić information content (AvgIpc) is 2.36. The number of hydrogen-bond acceptors (Lipinski definition) is 3. The molecule has 0 bridgehead atoms. The number of amides is 1. The molecule has 1 heterocycles. The molecular formula is C15H31N3O. The van der Waals surface area contributed by atoms with E-state index in [0.29, 0.717) is 18.5 Å². The maximum Gasteiger partial charge on any atom is 0.234 e. The van der Waals surface area contributed by atoms with Crippen LogP contribution in [0.2, 0.25) is 0 Å². The Morgan fingerprint density at radius 2 is 2.16 bits per heavy atom. The number of likely N-dealkylation sites (tertiary alicyclic amines) is 1. The second-order valence-corrected chi connectivity index (χ2v) is 6.06. The van der Waals surface area contributed by atoms with Crippen LogP contribution in [0.5, 0.6) is 0 Å². The number of carbonyl (C=O) groups excluding carboxylic acids is 1. The van der Waals surface area contributed by atoms with E-state index in [1.807, 2.05) is 0 Å². The van der Waals surface area contributed by atoms with Gasteiger partial charge in [0.2, 0.25) is 5.91 Å². The maximum atomic E-state index is 11.8. The highest BCUT2D eigenvalue weighted by Gasteiger charge is 2.20. The number of carbonyl (C=O) groups is 1. The molecular weight excluding hydrogens is 238 g/mol. The largest absolute Gasteiger partial charge is 0.355 e. The van der Waals surface area contributed by atoms with Crippen molar-refractivity contribution in [1.82, 2.24) is 15.5 Å². The minimum absolute atomic E-state index is 0.178. The first-order valence-electron chi connectivity index (χ1n) is 7.84. The van der Waals surface area contributed by atoms with Crippen LogP contribution in [0.15, 0.2) is 0 Å². The zero-order valence-electron chi connectivity index (χ0n) is 12.9. The Morgan fingerprint density at radius 1 is 1.37 bits per heavy atom. The molecule has 112 valence electrons. The van der Waals surface area contributed by atoms with Crippen molar-refractivity contribution in [2.75, 3.05) is 32.7 Å². The highest BCUT2D eigenvalue weighted by molar-refractivity contribution is 5.77. The third-order valence-corrected chi connectivity index (χ3v) is 3.60. The zero-order chi connectivity index (χ0) is 14.1. The van der Waals surface area contributed by atoms with Crippen molar-refractivity contribution in [1.29, 1.82) is 0 Å². The van der Waals surface area contributed by atoms with Crippen LogP contribution >= 0.6 is 0 Å². The highest BCUT2D eigenvalue weighted by atomic mass is 16.2. The molecule has 1 amide bonds. The quantitative estimate of drug-likeness (QED) is 0.704. The van der Waals surface area contributed by atoms with Crippen LogP contribution in [0.1, 0.15) is 46.5 Å². The molecule has 1 saturated heterocycles. The molecule has 0 aliphatic carbocycles. The Morgan fingerprint density at radius 3 is 2.84 bits per heavy atom. The van der Waals surface area contributed by atoms with Crippen molar-refractivity contribution in [2.45, 2.75) is 52.5 Å². The molecule has 1 aliphatic rings. The van der Waals surface area contributed by atoms with Crippen LogP contribution in [-0.4, -0.2) is 49.6 Å². The van der Waals surface area contributed by atoms with Gasteiger partial charge in [-0.15, -0.1) is 0 Å². The van der Waals surface area contributed by atoms with Crippen LogP contribution in [-0.2, 0) is 4.79 Å². The number of rotatable bonds is 8. The number of nitrogens with zero attached hydrogens (tertiary/aromatic N) is 1. The normalized spacial score (nSPS) is 20.7. The summed E-state index contributed by atoms with van der Waals surface area (Å²) in [4.78, 5) is 14.1. The van der Waals surface area contributed by atoms with Gasteiger partial charge in [0.05, 0.1) is 6.54 Å². The van der Waals surface area contributed by atoms with Gasteiger partial charge in [0.1, 0.15) is 0 Å². The lowest BCUT2D eigenvalue weighted by molar-refractivity contribution is -0.122. The molecule has 19 heavy (non-hydrogen) atoms. The van der Waals surface area contributed by atoms with Gasteiger partial charge >= 0.3 is 0 Å². The van der Waals surface area contributed by atoms with E-state index in [4.69, 9.17) is 0 Å². The smallest absolute Gasteiger partial charge is 0.234 e. The average molecular weight is 269 g/mol. The fourth-order valence-corrected chi connectivity index (χ4v) is 2.47. The molecule has 1 atom stereocenters. The monoisotopic (exact) mass is 269 g/mol. The van der Waals surface area contributed by atoms with Gasteiger partial charge in [-0.05, 0) is 44.7 Å². The second-order valence-electron chi connectivity index (χ2n) is 6.06. The van der Waals surface area contributed by atoms with Crippen molar-refractivity contribution < 1.29 is 4.79 Å².